The molecule has 0 unspecified atom stereocenters. The minimum absolute atomic E-state index is 0.403. The lowest BCUT2D eigenvalue weighted by molar-refractivity contribution is 0.946. The van der Waals surface area contributed by atoms with E-state index in [0.29, 0.717) is 23.9 Å². The molecule has 0 radical (unpaired) electrons. The quantitative estimate of drug-likeness (QED) is 0.753. The van der Waals surface area contributed by atoms with Gasteiger partial charge in [0, 0.05) is 17.6 Å². The second-order valence-electron chi connectivity index (χ2n) is 4.49. The zero-order chi connectivity index (χ0) is 15.1. The summed E-state index contributed by atoms with van der Waals surface area (Å²) < 4.78 is 0. The maximum Gasteiger partial charge on any atom is 0.101 e. The highest BCUT2D eigenvalue weighted by atomic mass is 79.9. The Morgan fingerprint density at radius 2 is 1.81 bits per heavy atom. The molecule has 21 heavy (non-hydrogen) atoms. The number of nitrogens with zero attached hydrogens (tertiary/aromatic N) is 3. The molecule has 2 rings (SSSR count). The number of alkyl halides is 1. The van der Waals surface area contributed by atoms with Crippen LogP contribution in [0, 0.1) is 22.7 Å². The van der Waals surface area contributed by atoms with Gasteiger partial charge in [-0.15, -0.1) is 0 Å². The van der Waals surface area contributed by atoms with Crippen LogP contribution in [0.5, 0.6) is 0 Å². The Morgan fingerprint density at radius 3 is 2.43 bits per heavy atom. The van der Waals surface area contributed by atoms with Crippen LogP contribution in [0.1, 0.15) is 17.5 Å². The Morgan fingerprint density at radius 1 is 1.05 bits per heavy atom. The van der Waals surface area contributed by atoms with Gasteiger partial charge in [-0.05, 0) is 29.8 Å². The van der Waals surface area contributed by atoms with Crippen LogP contribution in [0.25, 0.3) is 0 Å². The molecule has 0 aliphatic heterocycles. The molecule has 0 bridgehead atoms. The summed E-state index contributed by atoms with van der Waals surface area (Å²) in [4.78, 5) is 2.01. The third-order valence-electron chi connectivity index (χ3n) is 3.14. The van der Waals surface area contributed by atoms with Crippen LogP contribution < -0.4 is 4.90 Å². The fraction of sp³-hybridized carbons (Fsp3) is 0.176. The van der Waals surface area contributed by atoms with Crippen LogP contribution >= 0.6 is 15.9 Å². The molecule has 0 amide bonds. The predicted molar refractivity (Wildman–Crippen MR) is 87.5 cm³/mol. The summed E-state index contributed by atoms with van der Waals surface area (Å²) in [6, 6.07) is 20.1. The van der Waals surface area contributed by atoms with Crippen molar-refractivity contribution in [2.45, 2.75) is 11.8 Å². The molecule has 0 heterocycles. The minimum atomic E-state index is 0.403. The Labute approximate surface area is 133 Å². The van der Waals surface area contributed by atoms with E-state index in [4.69, 9.17) is 5.26 Å². The topological polar surface area (TPSA) is 50.8 Å². The summed E-state index contributed by atoms with van der Waals surface area (Å²) in [5.74, 6) is 0. The number of rotatable bonds is 5. The third-order valence-corrected chi connectivity index (χ3v) is 3.79. The summed E-state index contributed by atoms with van der Waals surface area (Å²) in [5, 5.41) is 19.0. The molecule has 0 fully saturated rings. The maximum absolute atomic E-state index is 9.40. The summed E-state index contributed by atoms with van der Waals surface area (Å²) in [5.41, 5.74) is 3.50. The summed E-state index contributed by atoms with van der Waals surface area (Å²) in [6.45, 7) is 0.558. The second kappa shape index (κ2) is 7.47. The molecule has 0 saturated heterocycles. The molecule has 0 aliphatic carbocycles. The van der Waals surface area contributed by atoms with Crippen molar-refractivity contribution in [1.29, 1.82) is 10.5 Å². The molecule has 2 aromatic rings. The van der Waals surface area contributed by atoms with Crippen molar-refractivity contribution in [3.8, 4) is 12.1 Å². The van der Waals surface area contributed by atoms with E-state index in [0.717, 1.165) is 16.9 Å². The van der Waals surface area contributed by atoms with Gasteiger partial charge in [-0.25, -0.2) is 0 Å². The highest BCUT2D eigenvalue weighted by Gasteiger charge is 2.13. The molecule has 0 aromatic heterocycles. The molecule has 4 heteroatoms. The van der Waals surface area contributed by atoms with E-state index in [9.17, 15) is 5.26 Å². The van der Waals surface area contributed by atoms with Gasteiger partial charge in [-0.3, -0.25) is 0 Å². The first-order valence-corrected chi connectivity index (χ1v) is 7.71. The van der Waals surface area contributed by atoms with Crippen molar-refractivity contribution >= 4 is 27.3 Å². The summed E-state index contributed by atoms with van der Waals surface area (Å²) in [7, 11) is 0. The molecule has 0 saturated carbocycles. The van der Waals surface area contributed by atoms with Gasteiger partial charge < -0.3 is 4.90 Å². The molecule has 0 aliphatic rings. The van der Waals surface area contributed by atoms with Crippen LogP contribution in [0.4, 0.5) is 11.4 Å². The Balaban J connectivity index is 2.47. The van der Waals surface area contributed by atoms with Crippen LogP contribution in [0.15, 0.2) is 48.5 Å². The van der Waals surface area contributed by atoms with Gasteiger partial charge in [0.15, 0.2) is 0 Å². The van der Waals surface area contributed by atoms with E-state index >= 15 is 0 Å². The molecule has 2 aromatic carbocycles. The van der Waals surface area contributed by atoms with E-state index < -0.39 is 0 Å². The van der Waals surface area contributed by atoms with Crippen molar-refractivity contribution in [2.75, 3.05) is 11.4 Å². The molecule has 3 nitrogen and oxygen atoms in total. The van der Waals surface area contributed by atoms with E-state index in [1.165, 1.54) is 0 Å². The lowest BCUT2D eigenvalue weighted by Crippen LogP contribution is -2.19. The smallest absolute Gasteiger partial charge is 0.101 e. The van der Waals surface area contributed by atoms with Crippen LogP contribution in [0.2, 0.25) is 0 Å². The largest absolute Gasteiger partial charge is 0.339 e. The molecule has 0 N–H and O–H groups in total. The van der Waals surface area contributed by atoms with E-state index in [2.05, 4.69) is 28.1 Å². The molecular weight excluding hydrogens is 326 g/mol. The number of hydrogen-bond donors (Lipinski definition) is 0. The fourth-order valence-electron chi connectivity index (χ4n) is 2.15. The van der Waals surface area contributed by atoms with Gasteiger partial charge in [0.05, 0.1) is 23.7 Å². The number of benzene rings is 2. The average molecular weight is 340 g/mol. The van der Waals surface area contributed by atoms with Gasteiger partial charge >= 0.3 is 0 Å². The summed E-state index contributed by atoms with van der Waals surface area (Å²) >= 11 is 3.40. The minimum Gasteiger partial charge on any atom is -0.339 e. The highest BCUT2D eigenvalue weighted by molar-refractivity contribution is 9.08. The first-order chi connectivity index (χ1) is 10.3. The molecule has 104 valence electrons. The van der Waals surface area contributed by atoms with E-state index in [-0.39, 0.29) is 0 Å². The standard InChI is InChI=1S/C17H14BrN3/c18-12-14-7-8-17(15(11-14)13-20)21(10-4-9-19)16-5-2-1-3-6-16/h1-3,5-8,11H,4,10,12H2. The number of para-hydroxylation sites is 1. The van der Waals surface area contributed by atoms with Gasteiger partial charge in [-0.2, -0.15) is 10.5 Å². The van der Waals surface area contributed by atoms with Gasteiger partial charge in [-0.1, -0.05) is 40.2 Å². The van der Waals surface area contributed by atoms with Crippen molar-refractivity contribution in [3.63, 3.8) is 0 Å². The molecular formula is C17H14BrN3. The number of halogens is 1. The summed E-state index contributed by atoms with van der Waals surface area (Å²) in [6.07, 6.45) is 0.403. The van der Waals surface area contributed by atoms with Crippen molar-refractivity contribution < 1.29 is 0 Å². The Bertz CT molecular complexity index is 683. The van der Waals surface area contributed by atoms with Crippen molar-refractivity contribution in [3.05, 3.63) is 59.7 Å². The SMILES string of the molecule is N#CCCN(c1ccccc1)c1ccc(CBr)cc1C#N. The van der Waals surface area contributed by atoms with Gasteiger partial charge in [0.2, 0.25) is 0 Å². The Hall–Kier alpha value is -2.30. The zero-order valence-electron chi connectivity index (χ0n) is 11.5. The maximum atomic E-state index is 9.40. The molecule has 0 spiro atoms. The van der Waals surface area contributed by atoms with Crippen LogP contribution in [0.3, 0.4) is 0 Å². The Kier molecular flexibility index (Phi) is 5.37. The fourth-order valence-corrected chi connectivity index (χ4v) is 2.50. The van der Waals surface area contributed by atoms with E-state index in [1.807, 2.05) is 53.4 Å². The first kappa shape index (κ1) is 15.1. The van der Waals surface area contributed by atoms with Crippen LogP contribution in [-0.4, -0.2) is 6.54 Å². The first-order valence-electron chi connectivity index (χ1n) is 6.58. The second-order valence-corrected chi connectivity index (χ2v) is 5.05. The zero-order valence-corrected chi connectivity index (χ0v) is 13.0. The highest BCUT2D eigenvalue weighted by Crippen LogP contribution is 2.29. The third kappa shape index (κ3) is 3.62. The number of hydrogen-bond acceptors (Lipinski definition) is 3. The van der Waals surface area contributed by atoms with E-state index in [1.54, 1.807) is 0 Å². The number of nitriles is 2. The number of anilines is 2. The monoisotopic (exact) mass is 339 g/mol. The normalized spacial score (nSPS) is 9.67. The lowest BCUT2D eigenvalue weighted by Gasteiger charge is -2.25. The average Bonchev–Trinajstić information content (AvgIpc) is 2.56. The van der Waals surface area contributed by atoms with Gasteiger partial charge in [0.1, 0.15) is 6.07 Å². The van der Waals surface area contributed by atoms with Gasteiger partial charge in [0.25, 0.3) is 0 Å². The lowest BCUT2D eigenvalue weighted by atomic mass is 10.1. The van der Waals surface area contributed by atoms with Crippen molar-refractivity contribution in [2.24, 2.45) is 0 Å². The van der Waals surface area contributed by atoms with Crippen molar-refractivity contribution in [1.82, 2.24) is 0 Å². The molecule has 0 atom stereocenters. The predicted octanol–water partition coefficient (Wildman–Crippen LogP) is 4.50. The van der Waals surface area contributed by atoms with Crippen LogP contribution in [-0.2, 0) is 5.33 Å².